The fraction of sp³-hybridized carbons (Fsp3) is 0. The normalized spacial score (nSPS) is 10.1. The van der Waals surface area contributed by atoms with Crippen LogP contribution in [0.3, 0.4) is 0 Å². The standard InChI is InChI=1S/C12H7Cl2N3O3/c13-9-3-4-15-6-8(9)12(18)16-7-1-2-10(14)11(5-7)17(19)20/h1-6H,(H,16,18). The molecule has 0 aliphatic rings. The van der Waals surface area contributed by atoms with E-state index in [-0.39, 0.29) is 27.0 Å². The summed E-state index contributed by atoms with van der Waals surface area (Å²) in [6.45, 7) is 0. The lowest BCUT2D eigenvalue weighted by Crippen LogP contribution is -2.12. The highest BCUT2D eigenvalue weighted by atomic mass is 35.5. The van der Waals surface area contributed by atoms with Gasteiger partial charge in [0, 0.05) is 24.1 Å². The van der Waals surface area contributed by atoms with Crippen molar-refractivity contribution in [2.24, 2.45) is 0 Å². The number of pyridine rings is 1. The molecular formula is C12H7Cl2N3O3. The highest BCUT2D eigenvalue weighted by Gasteiger charge is 2.15. The minimum absolute atomic E-state index is 0.00703. The number of nitro benzene ring substituents is 1. The van der Waals surface area contributed by atoms with Gasteiger partial charge in [-0.05, 0) is 18.2 Å². The summed E-state index contributed by atoms with van der Waals surface area (Å²) in [7, 11) is 0. The minimum atomic E-state index is -0.630. The first-order valence-electron chi connectivity index (χ1n) is 5.34. The molecule has 1 aromatic carbocycles. The molecule has 2 rings (SSSR count). The molecule has 0 bridgehead atoms. The monoisotopic (exact) mass is 311 g/mol. The summed E-state index contributed by atoms with van der Waals surface area (Å²) in [5.41, 5.74) is 0.125. The average Bonchev–Trinajstić information content (AvgIpc) is 2.41. The Bertz CT molecular complexity index is 691. The number of nitro groups is 1. The Hall–Kier alpha value is -2.18. The highest BCUT2D eigenvalue weighted by Crippen LogP contribution is 2.27. The summed E-state index contributed by atoms with van der Waals surface area (Å²) in [6, 6.07) is 5.43. The molecule has 1 heterocycles. The summed E-state index contributed by atoms with van der Waals surface area (Å²) in [5.74, 6) is -0.514. The maximum absolute atomic E-state index is 12.0. The zero-order chi connectivity index (χ0) is 14.7. The van der Waals surface area contributed by atoms with Crippen LogP contribution in [0.4, 0.5) is 11.4 Å². The van der Waals surface area contributed by atoms with Crippen LogP contribution in [0.1, 0.15) is 10.4 Å². The lowest BCUT2D eigenvalue weighted by atomic mass is 10.2. The molecule has 6 nitrogen and oxygen atoms in total. The van der Waals surface area contributed by atoms with Crippen LogP contribution in [0.15, 0.2) is 36.7 Å². The maximum Gasteiger partial charge on any atom is 0.289 e. The molecule has 0 fully saturated rings. The number of halogens is 2. The van der Waals surface area contributed by atoms with Gasteiger partial charge in [0.1, 0.15) is 5.02 Å². The molecule has 0 unspecified atom stereocenters. The Kier molecular flexibility index (Phi) is 4.16. The highest BCUT2D eigenvalue weighted by molar-refractivity contribution is 6.34. The number of anilines is 1. The lowest BCUT2D eigenvalue weighted by Gasteiger charge is -2.06. The number of nitrogens with zero attached hydrogens (tertiary/aromatic N) is 2. The van der Waals surface area contributed by atoms with Gasteiger partial charge in [0.2, 0.25) is 0 Å². The molecule has 0 spiro atoms. The topological polar surface area (TPSA) is 85.1 Å². The second-order valence-electron chi connectivity index (χ2n) is 3.73. The molecule has 1 aromatic heterocycles. The van der Waals surface area contributed by atoms with Gasteiger partial charge in [-0.15, -0.1) is 0 Å². The van der Waals surface area contributed by atoms with E-state index in [9.17, 15) is 14.9 Å². The van der Waals surface area contributed by atoms with E-state index in [4.69, 9.17) is 23.2 Å². The van der Waals surface area contributed by atoms with Crippen molar-refractivity contribution in [2.75, 3.05) is 5.32 Å². The van der Waals surface area contributed by atoms with Gasteiger partial charge in [-0.1, -0.05) is 23.2 Å². The van der Waals surface area contributed by atoms with Crippen molar-refractivity contribution in [1.82, 2.24) is 4.98 Å². The zero-order valence-corrected chi connectivity index (χ0v) is 11.4. The minimum Gasteiger partial charge on any atom is -0.322 e. The van der Waals surface area contributed by atoms with Crippen molar-refractivity contribution in [3.63, 3.8) is 0 Å². The van der Waals surface area contributed by atoms with E-state index in [0.29, 0.717) is 0 Å². The maximum atomic E-state index is 12.0. The molecule has 1 N–H and O–H groups in total. The molecule has 0 radical (unpaired) electrons. The fourth-order valence-electron chi connectivity index (χ4n) is 1.47. The zero-order valence-electron chi connectivity index (χ0n) is 9.84. The Morgan fingerprint density at radius 2 is 2.00 bits per heavy atom. The molecule has 0 atom stereocenters. The average molecular weight is 312 g/mol. The van der Waals surface area contributed by atoms with Crippen LogP contribution in [0, 0.1) is 10.1 Å². The SMILES string of the molecule is O=C(Nc1ccc(Cl)c([N+](=O)[O-])c1)c1cnccc1Cl. The van der Waals surface area contributed by atoms with Gasteiger partial charge in [-0.25, -0.2) is 0 Å². The molecule has 1 amide bonds. The number of aromatic nitrogens is 1. The predicted octanol–water partition coefficient (Wildman–Crippen LogP) is 3.55. The first-order valence-corrected chi connectivity index (χ1v) is 6.09. The molecule has 0 saturated heterocycles. The summed E-state index contributed by atoms with van der Waals surface area (Å²) in [4.78, 5) is 25.9. The van der Waals surface area contributed by atoms with Gasteiger partial charge < -0.3 is 5.32 Å². The quantitative estimate of drug-likeness (QED) is 0.693. The smallest absolute Gasteiger partial charge is 0.289 e. The van der Waals surface area contributed by atoms with Gasteiger partial charge in [0.15, 0.2) is 0 Å². The first-order chi connectivity index (χ1) is 9.49. The number of hydrogen-bond donors (Lipinski definition) is 1. The number of nitrogens with one attached hydrogen (secondary N) is 1. The fourth-order valence-corrected chi connectivity index (χ4v) is 1.85. The van der Waals surface area contributed by atoms with E-state index in [1.807, 2.05) is 0 Å². The number of carbonyl (C=O) groups excluding carboxylic acids is 1. The predicted molar refractivity (Wildman–Crippen MR) is 75.3 cm³/mol. The van der Waals surface area contributed by atoms with Crippen LogP contribution in [0.2, 0.25) is 10.0 Å². The van der Waals surface area contributed by atoms with Crippen LogP contribution >= 0.6 is 23.2 Å². The molecule has 102 valence electrons. The van der Waals surface area contributed by atoms with Gasteiger partial charge in [-0.3, -0.25) is 19.9 Å². The van der Waals surface area contributed by atoms with E-state index < -0.39 is 10.8 Å². The Morgan fingerprint density at radius 1 is 1.25 bits per heavy atom. The number of benzene rings is 1. The van der Waals surface area contributed by atoms with Crippen molar-refractivity contribution in [2.45, 2.75) is 0 Å². The number of carbonyl (C=O) groups is 1. The molecule has 20 heavy (non-hydrogen) atoms. The Morgan fingerprint density at radius 3 is 2.65 bits per heavy atom. The molecule has 2 aromatic rings. The summed E-state index contributed by atoms with van der Waals surface area (Å²) < 4.78 is 0. The van der Waals surface area contributed by atoms with Crippen LogP contribution in [-0.2, 0) is 0 Å². The molecular weight excluding hydrogens is 305 g/mol. The van der Waals surface area contributed by atoms with E-state index >= 15 is 0 Å². The van der Waals surface area contributed by atoms with Crippen LogP contribution in [0.25, 0.3) is 0 Å². The van der Waals surface area contributed by atoms with Gasteiger partial charge in [0.05, 0.1) is 15.5 Å². The Labute approximate surface area is 123 Å². The summed E-state index contributed by atoms with van der Waals surface area (Å²) in [6.07, 6.45) is 2.76. The van der Waals surface area contributed by atoms with E-state index in [1.165, 1.54) is 36.7 Å². The number of hydrogen-bond acceptors (Lipinski definition) is 4. The van der Waals surface area contributed by atoms with Crippen molar-refractivity contribution in [3.05, 3.63) is 62.4 Å². The second-order valence-corrected chi connectivity index (χ2v) is 4.55. The molecule has 0 aliphatic heterocycles. The molecule has 0 aliphatic carbocycles. The third-order valence-corrected chi connectivity index (χ3v) is 3.06. The van der Waals surface area contributed by atoms with Crippen molar-refractivity contribution >= 4 is 40.5 Å². The summed E-state index contributed by atoms with van der Waals surface area (Å²) >= 11 is 11.5. The molecule has 0 saturated carbocycles. The van der Waals surface area contributed by atoms with Crippen molar-refractivity contribution < 1.29 is 9.72 Å². The lowest BCUT2D eigenvalue weighted by molar-refractivity contribution is -0.384. The summed E-state index contributed by atoms with van der Waals surface area (Å²) in [5, 5.41) is 13.5. The van der Waals surface area contributed by atoms with Crippen LogP contribution in [0.5, 0.6) is 0 Å². The largest absolute Gasteiger partial charge is 0.322 e. The van der Waals surface area contributed by atoms with Crippen molar-refractivity contribution in [3.8, 4) is 0 Å². The number of rotatable bonds is 3. The van der Waals surface area contributed by atoms with Gasteiger partial charge in [0.25, 0.3) is 11.6 Å². The van der Waals surface area contributed by atoms with E-state index in [1.54, 1.807) is 0 Å². The van der Waals surface area contributed by atoms with Gasteiger partial charge >= 0.3 is 0 Å². The number of amides is 1. The third kappa shape index (κ3) is 3.04. The van der Waals surface area contributed by atoms with E-state index in [0.717, 1.165) is 0 Å². The Balaban J connectivity index is 2.27. The molecule has 8 heteroatoms. The second kappa shape index (κ2) is 5.85. The van der Waals surface area contributed by atoms with Crippen LogP contribution in [-0.4, -0.2) is 15.8 Å². The van der Waals surface area contributed by atoms with Crippen LogP contribution < -0.4 is 5.32 Å². The third-order valence-electron chi connectivity index (χ3n) is 2.41. The van der Waals surface area contributed by atoms with E-state index in [2.05, 4.69) is 10.3 Å². The van der Waals surface area contributed by atoms with Gasteiger partial charge in [-0.2, -0.15) is 0 Å². The first kappa shape index (κ1) is 14.2. The van der Waals surface area contributed by atoms with Crippen molar-refractivity contribution in [1.29, 1.82) is 0 Å².